The molecule has 2 aromatic heterocycles. The van der Waals surface area contributed by atoms with Crippen molar-refractivity contribution in [1.82, 2.24) is 4.98 Å². The summed E-state index contributed by atoms with van der Waals surface area (Å²) in [6.45, 7) is 3.31. The monoisotopic (exact) mass is 402 g/mol. The SMILES string of the molecule is Cc1cc(NC(=O)c2cc3c(CO)cnc(C)c3oc2=O)ccc1Br. The molecule has 0 saturated carbocycles. The molecule has 0 saturated heterocycles. The van der Waals surface area contributed by atoms with Gasteiger partial charge in [-0.15, -0.1) is 0 Å². The van der Waals surface area contributed by atoms with Crippen molar-refractivity contribution in [3.63, 3.8) is 0 Å². The number of aromatic nitrogens is 1. The fraction of sp³-hybridized carbons (Fsp3) is 0.167. The smallest absolute Gasteiger partial charge is 0.349 e. The first kappa shape index (κ1) is 17.3. The number of pyridine rings is 1. The van der Waals surface area contributed by atoms with Crippen molar-refractivity contribution < 1.29 is 14.3 Å². The molecule has 2 N–H and O–H groups in total. The summed E-state index contributed by atoms with van der Waals surface area (Å²) in [7, 11) is 0. The van der Waals surface area contributed by atoms with E-state index in [1.54, 1.807) is 19.1 Å². The maximum absolute atomic E-state index is 12.5. The van der Waals surface area contributed by atoms with Crippen LogP contribution in [0.25, 0.3) is 11.0 Å². The third-order valence-corrected chi connectivity index (χ3v) is 4.76. The summed E-state index contributed by atoms with van der Waals surface area (Å²) in [6.07, 6.45) is 1.50. The Kier molecular flexibility index (Phi) is 4.69. The highest BCUT2D eigenvalue weighted by Gasteiger charge is 2.17. The molecule has 0 aliphatic rings. The fourth-order valence-corrected chi connectivity index (χ4v) is 2.73. The Balaban J connectivity index is 2.05. The van der Waals surface area contributed by atoms with E-state index in [4.69, 9.17) is 4.42 Å². The zero-order chi connectivity index (χ0) is 18.1. The van der Waals surface area contributed by atoms with Gasteiger partial charge in [0, 0.05) is 27.3 Å². The fourth-order valence-electron chi connectivity index (χ4n) is 2.49. The van der Waals surface area contributed by atoms with Gasteiger partial charge in [-0.2, -0.15) is 0 Å². The lowest BCUT2D eigenvalue weighted by Gasteiger charge is -2.09. The summed E-state index contributed by atoms with van der Waals surface area (Å²) in [5.74, 6) is -0.573. The third kappa shape index (κ3) is 3.33. The van der Waals surface area contributed by atoms with Gasteiger partial charge in [0.2, 0.25) is 0 Å². The molecule has 25 heavy (non-hydrogen) atoms. The van der Waals surface area contributed by atoms with Gasteiger partial charge < -0.3 is 14.8 Å². The number of carbonyl (C=O) groups excluding carboxylic acids is 1. The quantitative estimate of drug-likeness (QED) is 0.700. The van der Waals surface area contributed by atoms with Crippen molar-refractivity contribution in [2.75, 3.05) is 5.32 Å². The van der Waals surface area contributed by atoms with Gasteiger partial charge in [-0.05, 0) is 43.7 Å². The highest BCUT2D eigenvalue weighted by molar-refractivity contribution is 9.10. The molecule has 0 bridgehead atoms. The van der Waals surface area contributed by atoms with E-state index in [1.807, 2.05) is 13.0 Å². The van der Waals surface area contributed by atoms with Crippen LogP contribution in [0, 0.1) is 13.8 Å². The second-order valence-electron chi connectivity index (χ2n) is 5.64. The minimum Gasteiger partial charge on any atom is -0.420 e. The molecule has 0 aliphatic heterocycles. The Morgan fingerprint density at radius 2 is 2.08 bits per heavy atom. The van der Waals surface area contributed by atoms with Crippen LogP contribution in [0.15, 0.2) is 44.1 Å². The van der Waals surface area contributed by atoms with Gasteiger partial charge in [0.15, 0.2) is 5.58 Å². The van der Waals surface area contributed by atoms with Gasteiger partial charge in [0.05, 0.1) is 12.3 Å². The van der Waals surface area contributed by atoms with Crippen LogP contribution in [0.1, 0.15) is 27.2 Å². The van der Waals surface area contributed by atoms with Crippen molar-refractivity contribution in [2.45, 2.75) is 20.5 Å². The first-order valence-electron chi connectivity index (χ1n) is 7.51. The van der Waals surface area contributed by atoms with Crippen LogP contribution in [0.2, 0.25) is 0 Å². The molecule has 7 heteroatoms. The predicted molar refractivity (Wildman–Crippen MR) is 97.8 cm³/mol. The summed E-state index contributed by atoms with van der Waals surface area (Å²) in [6, 6.07) is 6.76. The van der Waals surface area contributed by atoms with E-state index in [1.165, 1.54) is 12.3 Å². The lowest BCUT2D eigenvalue weighted by atomic mass is 10.1. The van der Waals surface area contributed by atoms with E-state index >= 15 is 0 Å². The molecule has 128 valence electrons. The number of amides is 1. The van der Waals surface area contributed by atoms with Crippen molar-refractivity contribution in [2.24, 2.45) is 0 Å². The number of carbonyl (C=O) groups is 1. The van der Waals surface area contributed by atoms with E-state index in [2.05, 4.69) is 26.2 Å². The topological polar surface area (TPSA) is 92.4 Å². The van der Waals surface area contributed by atoms with Crippen LogP contribution in [0.5, 0.6) is 0 Å². The average Bonchev–Trinajstić information content (AvgIpc) is 2.58. The molecular formula is C18H15BrN2O4. The number of aliphatic hydroxyl groups is 1. The van der Waals surface area contributed by atoms with Crippen molar-refractivity contribution >= 4 is 38.5 Å². The van der Waals surface area contributed by atoms with E-state index in [0.29, 0.717) is 22.3 Å². The van der Waals surface area contributed by atoms with Gasteiger partial charge in [-0.1, -0.05) is 15.9 Å². The highest BCUT2D eigenvalue weighted by Crippen LogP contribution is 2.22. The van der Waals surface area contributed by atoms with Crippen LogP contribution in [-0.4, -0.2) is 16.0 Å². The summed E-state index contributed by atoms with van der Waals surface area (Å²) >= 11 is 3.39. The Labute approximate surface area is 151 Å². The Hall–Kier alpha value is -2.51. The second-order valence-corrected chi connectivity index (χ2v) is 6.49. The highest BCUT2D eigenvalue weighted by atomic mass is 79.9. The minimum atomic E-state index is -0.751. The number of benzene rings is 1. The number of rotatable bonds is 3. The molecule has 0 spiro atoms. The normalized spacial score (nSPS) is 10.9. The number of hydrogen-bond acceptors (Lipinski definition) is 5. The summed E-state index contributed by atoms with van der Waals surface area (Å²) in [5.41, 5.74) is 1.91. The van der Waals surface area contributed by atoms with Crippen molar-refractivity contribution in [1.29, 1.82) is 0 Å². The molecule has 1 amide bonds. The van der Waals surface area contributed by atoms with Crippen LogP contribution in [-0.2, 0) is 6.61 Å². The van der Waals surface area contributed by atoms with Gasteiger partial charge in [0.1, 0.15) is 5.56 Å². The van der Waals surface area contributed by atoms with Crippen molar-refractivity contribution in [3.05, 3.63) is 67.7 Å². The predicted octanol–water partition coefficient (Wildman–Crippen LogP) is 3.31. The van der Waals surface area contributed by atoms with Crippen LogP contribution in [0.4, 0.5) is 5.69 Å². The zero-order valence-electron chi connectivity index (χ0n) is 13.6. The number of halogens is 1. The zero-order valence-corrected chi connectivity index (χ0v) is 15.2. The first-order chi connectivity index (χ1) is 11.9. The van der Waals surface area contributed by atoms with E-state index in [-0.39, 0.29) is 17.8 Å². The molecule has 0 atom stereocenters. The molecule has 1 aromatic carbocycles. The molecule has 0 radical (unpaired) electrons. The molecule has 0 unspecified atom stereocenters. The minimum absolute atomic E-state index is 0.131. The molecule has 3 aromatic rings. The molecule has 0 aliphatic carbocycles. The molecular weight excluding hydrogens is 388 g/mol. The van der Waals surface area contributed by atoms with Crippen LogP contribution >= 0.6 is 15.9 Å². The number of nitrogens with one attached hydrogen (secondary N) is 1. The lowest BCUT2D eigenvalue weighted by Crippen LogP contribution is -2.21. The Morgan fingerprint density at radius 3 is 2.76 bits per heavy atom. The van der Waals surface area contributed by atoms with Crippen molar-refractivity contribution in [3.8, 4) is 0 Å². The summed E-state index contributed by atoms with van der Waals surface area (Å²) in [4.78, 5) is 28.8. The summed E-state index contributed by atoms with van der Waals surface area (Å²) in [5, 5.41) is 12.6. The van der Waals surface area contributed by atoms with E-state index in [0.717, 1.165) is 10.0 Å². The first-order valence-corrected chi connectivity index (χ1v) is 8.30. The number of aryl methyl sites for hydroxylation is 2. The number of nitrogens with zero attached hydrogens (tertiary/aromatic N) is 1. The standard InChI is InChI=1S/C18H15BrN2O4/c1-9-5-12(3-4-15(9)19)21-17(23)14-6-13-11(8-22)7-20-10(2)16(13)25-18(14)24/h3-7,22H,8H2,1-2H3,(H,21,23). The molecule has 6 nitrogen and oxygen atoms in total. The molecule has 2 heterocycles. The third-order valence-electron chi connectivity index (χ3n) is 3.87. The lowest BCUT2D eigenvalue weighted by molar-refractivity contribution is 0.102. The Morgan fingerprint density at radius 1 is 1.32 bits per heavy atom. The van der Waals surface area contributed by atoms with Gasteiger partial charge >= 0.3 is 5.63 Å². The van der Waals surface area contributed by atoms with E-state index in [9.17, 15) is 14.7 Å². The average molecular weight is 403 g/mol. The summed E-state index contributed by atoms with van der Waals surface area (Å²) < 4.78 is 6.19. The molecule has 0 fully saturated rings. The number of fused-ring (bicyclic) bond motifs is 1. The number of aliphatic hydroxyl groups excluding tert-OH is 1. The maximum Gasteiger partial charge on any atom is 0.349 e. The molecule has 3 rings (SSSR count). The van der Waals surface area contributed by atoms with Gasteiger partial charge in [-0.3, -0.25) is 9.78 Å². The number of hydrogen-bond donors (Lipinski definition) is 2. The van der Waals surface area contributed by atoms with Gasteiger partial charge in [-0.25, -0.2) is 4.79 Å². The Bertz CT molecular complexity index is 1040. The maximum atomic E-state index is 12.5. The van der Waals surface area contributed by atoms with Gasteiger partial charge in [0.25, 0.3) is 5.91 Å². The van der Waals surface area contributed by atoms with E-state index < -0.39 is 11.5 Å². The number of anilines is 1. The van der Waals surface area contributed by atoms with Crippen LogP contribution < -0.4 is 10.9 Å². The van der Waals surface area contributed by atoms with Crippen LogP contribution in [0.3, 0.4) is 0 Å². The second kappa shape index (κ2) is 6.78. The largest absolute Gasteiger partial charge is 0.420 e.